The number of carbonyl (C=O) groups excluding carboxylic acids is 1. The molecule has 0 bridgehead atoms. The number of aromatic nitrogens is 4. The molecular formula is C15H22N6O5. The molecule has 6 N–H and O–H groups in total. The van der Waals surface area contributed by atoms with Gasteiger partial charge in [0.2, 0.25) is 0 Å². The minimum Gasteiger partial charge on any atom is -0.462 e. The molecule has 0 aliphatic carbocycles. The van der Waals surface area contributed by atoms with Crippen LogP contribution in [0.5, 0.6) is 0 Å². The van der Waals surface area contributed by atoms with Crippen molar-refractivity contribution in [2.24, 2.45) is 11.7 Å². The van der Waals surface area contributed by atoms with Crippen molar-refractivity contribution in [2.45, 2.75) is 44.4 Å². The Hall–Kier alpha value is -2.34. The van der Waals surface area contributed by atoms with E-state index in [4.69, 9.17) is 20.9 Å². The fourth-order valence-electron chi connectivity index (χ4n) is 2.69. The maximum absolute atomic E-state index is 11.9. The third kappa shape index (κ3) is 3.21. The van der Waals surface area contributed by atoms with E-state index < -0.39 is 36.6 Å². The highest BCUT2D eigenvalue weighted by atomic mass is 16.6. The molecule has 0 saturated carbocycles. The standard InChI is InChI=1S/C15H22N6O5/c1-6(2)8(16)15(24)25-3-7-10(22)11(23)14(26-7)21-5-20-9-12(17)18-4-19-13(9)21/h4-8,10-11,14,22-23H,3,16H2,1-2H3,(H2,17,18,19)/t7-,8-,10+,11-,14-/m1/s1. The number of esters is 1. The van der Waals surface area contributed by atoms with Gasteiger partial charge in [-0.25, -0.2) is 15.0 Å². The van der Waals surface area contributed by atoms with Crippen molar-refractivity contribution in [2.75, 3.05) is 12.3 Å². The van der Waals surface area contributed by atoms with Crippen molar-refractivity contribution in [3.05, 3.63) is 12.7 Å². The first kappa shape index (κ1) is 18.5. The first-order chi connectivity index (χ1) is 12.3. The lowest BCUT2D eigenvalue weighted by atomic mass is 10.1. The summed E-state index contributed by atoms with van der Waals surface area (Å²) >= 11 is 0. The number of rotatable bonds is 5. The maximum Gasteiger partial charge on any atom is 0.323 e. The highest BCUT2D eigenvalue weighted by Gasteiger charge is 2.45. The summed E-state index contributed by atoms with van der Waals surface area (Å²) in [6.45, 7) is 3.35. The molecular weight excluding hydrogens is 344 g/mol. The number of aliphatic hydroxyl groups is 2. The van der Waals surface area contributed by atoms with Crippen molar-refractivity contribution >= 4 is 23.0 Å². The number of ether oxygens (including phenoxy) is 2. The van der Waals surface area contributed by atoms with Gasteiger partial charge in [-0.2, -0.15) is 0 Å². The molecule has 1 saturated heterocycles. The predicted octanol–water partition coefficient (Wildman–Crippen LogP) is -1.45. The highest BCUT2D eigenvalue weighted by molar-refractivity contribution is 5.81. The molecule has 142 valence electrons. The number of nitrogens with two attached hydrogens (primary N) is 2. The zero-order valence-electron chi connectivity index (χ0n) is 14.4. The minimum atomic E-state index is -1.27. The lowest BCUT2D eigenvalue weighted by Crippen LogP contribution is -2.40. The van der Waals surface area contributed by atoms with Crippen LogP contribution in [-0.2, 0) is 14.3 Å². The van der Waals surface area contributed by atoms with Crippen LogP contribution in [0.3, 0.4) is 0 Å². The van der Waals surface area contributed by atoms with Crippen LogP contribution in [0.1, 0.15) is 20.1 Å². The summed E-state index contributed by atoms with van der Waals surface area (Å²) in [6.07, 6.45) is -1.77. The lowest BCUT2D eigenvalue weighted by Gasteiger charge is -2.18. The van der Waals surface area contributed by atoms with E-state index >= 15 is 0 Å². The summed E-state index contributed by atoms with van der Waals surface area (Å²) in [5.74, 6) is -0.491. The van der Waals surface area contributed by atoms with E-state index in [2.05, 4.69) is 15.0 Å². The van der Waals surface area contributed by atoms with Gasteiger partial charge in [0.25, 0.3) is 0 Å². The number of hydrogen-bond acceptors (Lipinski definition) is 10. The van der Waals surface area contributed by atoms with E-state index in [1.54, 1.807) is 13.8 Å². The van der Waals surface area contributed by atoms with Gasteiger partial charge in [-0.1, -0.05) is 13.8 Å². The van der Waals surface area contributed by atoms with Crippen molar-refractivity contribution in [1.29, 1.82) is 0 Å². The Morgan fingerprint density at radius 2 is 2.08 bits per heavy atom. The molecule has 2 aromatic heterocycles. The molecule has 11 nitrogen and oxygen atoms in total. The zero-order chi connectivity index (χ0) is 19.0. The fraction of sp³-hybridized carbons (Fsp3) is 0.600. The summed E-state index contributed by atoms with van der Waals surface area (Å²) < 4.78 is 12.2. The van der Waals surface area contributed by atoms with Gasteiger partial charge in [0.05, 0.1) is 6.33 Å². The number of nitrogens with zero attached hydrogens (tertiary/aromatic N) is 4. The molecule has 0 radical (unpaired) electrons. The van der Waals surface area contributed by atoms with Crippen LogP contribution < -0.4 is 11.5 Å². The fourth-order valence-corrected chi connectivity index (χ4v) is 2.69. The van der Waals surface area contributed by atoms with Gasteiger partial charge in [0.15, 0.2) is 17.7 Å². The third-order valence-electron chi connectivity index (χ3n) is 4.38. The number of nitrogen functional groups attached to an aromatic ring is 1. The Kier molecular flexibility index (Phi) is 5.05. The second-order valence-corrected chi connectivity index (χ2v) is 6.53. The van der Waals surface area contributed by atoms with Crippen LogP contribution in [0, 0.1) is 5.92 Å². The zero-order valence-corrected chi connectivity index (χ0v) is 14.4. The smallest absolute Gasteiger partial charge is 0.323 e. The van der Waals surface area contributed by atoms with Crippen molar-refractivity contribution in [3.8, 4) is 0 Å². The van der Waals surface area contributed by atoms with Crippen LogP contribution in [0.15, 0.2) is 12.7 Å². The summed E-state index contributed by atoms with van der Waals surface area (Å²) in [4.78, 5) is 23.9. The van der Waals surface area contributed by atoms with E-state index in [0.717, 1.165) is 0 Å². The van der Waals surface area contributed by atoms with Gasteiger partial charge in [-0.05, 0) is 5.92 Å². The molecule has 3 rings (SSSR count). The number of aliphatic hydroxyl groups excluding tert-OH is 2. The lowest BCUT2D eigenvalue weighted by molar-refractivity contribution is -0.152. The Morgan fingerprint density at radius 3 is 2.77 bits per heavy atom. The SMILES string of the molecule is CC(C)[C@@H](N)C(=O)OC[C@H]1O[C@@H](n2cnc3c(N)ncnc32)[C@H](O)[C@H]1O. The molecule has 2 aromatic rings. The number of fused-ring (bicyclic) bond motifs is 1. The van der Waals surface area contributed by atoms with Gasteiger partial charge in [0, 0.05) is 0 Å². The van der Waals surface area contributed by atoms with E-state index in [0.29, 0.717) is 11.2 Å². The van der Waals surface area contributed by atoms with Gasteiger partial charge in [0.1, 0.15) is 42.8 Å². The van der Waals surface area contributed by atoms with Crippen molar-refractivity contribution < 1.29 is 24.5 Å². The van der Waals surface area contributed by atoms with E-state index in [-0.39, 0.29) is 18.3 Å². The Morgan fingerprint density at radius 1 is 1.35 bits per heavy atom. The van der Waals surface area contributed by atoms with Crippen LogP contribution in [-0.4, -0.2) is 66.7 Å². The second kappa shape index (κ2) is 7.11. The molecule has 0 amide bonds. The third-order valence-corrected chi connectivity index (χ3v) is 4.38. The first-order valence-corrected chi connectivity index (χ1v) is 8.18. The molecule has 11 heteroatoms. The van der Waals surface area contributed by atoms with Gasteiger partial charge < -0.3 is 31.2 Å². The average Bonchev–Trinajstić information content (AvgIpc) is 3.15. The molecule has 1 fully saturated rings. The van der Waals surface area contributed by atoms with Gasteiger partial charge in [-0.15, -0.1) is 0 Å². The van der Waals surface area contributed by atoms with Crippen LogP contribution >= 0.6 is 0 Å². The molecule has 0 aromatic carbocycles. The van der Waals surface area contributed by atoms with E-state index in [1.807, 2.05) is 0 Å². The normalized spacial score (nSPS) is 27.2. The predicted molar refractivity (Wildman–Crippen MR) is 89.4 cm³/mol. The molecule has 1 aliphatic rings. The topological polar surface area (TPSA) is 172 Å². The quantitative estimate of drug-likeness (QED) is 0.459. The summed E-state index contributed by atoms with van der Waals surface area (Å²) in [5.41, 5.74) is 12.2. The number of carbonyl (C=O) groups is 1. The Bertz CT molecular complexity index is 796. The summed E-state index contributed by atoms with van der Waals surface area (Å²) in [5, 5.41) is 20.6. The van der Waals surface area contributed by atoms with Gasteiger partial charge >= 0.3 is 5.97 Å². The van der Waals surface area contributed by atoms with Crippen LogP contribution in [0.25, 0.3) is 11.2 Å². The average molecular weight is 366 g/mol. The second-order valence-electron chi connectivity index (χ2n) is 6.53. The summed E-state index contributed by atoms with van der Waals surface area (Å²) in [7, 11) is 0. The molecule has 0 unspecified atom stereocenters. The highest BCUT2D eigenvalue weighted by Crippen LogP contribution is 2.32. The number of imidazole rings is 1. The summed E-state index contributed by atoms with van der Waals surface area (Å²) in [6, 6.07) is -0.772. The van der Waals surface area contributed by atoms with Crippen molar-refractivity contribution in [3.63, 3.8) is 0 Å². The van der Waals surface area contributed by atoms with Crippen LogP contribution in [0.2, 0.25) is 0 Å². The maximum atomic E-state index is 11.9. The first-order valence-electron chi connectivity index (χ1n) is 8.18. The van der Waals surface area contributed by atoms with Crippen molar-refractivity contribution in [1.82, 2.24) is 19.5 Å². The minimum absolute atomic E-state index is 0.0854. The Balaban J connectivity index is 1.73. The number of hydrogen-bond donors (Lipinski definition) is 4. The molecule has 0 spiro atoms. The molecule has 5 atom stereocenters. The largest absolute Gasteiger partial charge is 0.462 e. The van der Waals surface area contributed by atoms with Gasteiger partial charge in [-0.3, -0.25) is 9.36 Å². The van der Waals surface area contributed by atoms with E-state index in [9.17, 15) is 15.0 Å². The molecule has 26 heavy (non-hydrogen) atoms. The Labute approximate surface area is 148 Å². The number of anilines is 1. The van der Waals surface area contributed by atoms with Crippen LogP contribution in [0.4, 0.5) is 5.82 Å². The monoisotopic (exact) mass is 366 g/mol. The molecule has 3 heterocycles. The molecule has 1 aliphatic heterocycles. The van der Waals surface area contributed by atoms with E-state index in [1.165, 1.54) is 17.2 Å².